The minimum atomic E-state index is 0.0152. The van der Waals surface area contributed by atoms with E-state index in [1.165, 1.54) is 0 Å². The molecular formula is C22H22BrN3O2. The lowest BCUT2D eigenvalue weighted by Crippen LogP contribution is -2.25. The first-order chi connectivity index (χ1) is 13.6. The van der Waals surface area contributed by atoms with Gasteiger partial charge in [-0.15, -0.1) is 0 Å². The molecule has 2 aromatic carbocycles. The number of amides is 1. The lowest BCUT2D eigenvalue weighted by Gasteiger charge is -2.20. The summed E-state index contributed by atoms with van der Waals surface area (Å²) >= 11 is 3.47. The molecule has 1 aliphatic rings. The first kappa shape index (κ1) is 18.7. The molecule has 144 valence electrons. The highest BCUT2D eigenvalue weighted by molar-refractivity contribution is 9.11. The largest absolute Gasteiger partial charge is 0.492 e. The highest BCUT2D eigenvalue weighted by atomic mass is 79.9. The van der Waals surface area contributed by atoms with Crippen LogP contribution < -0.4 is 9.64 Å². The summed E-state index contributed by atoms with van der Waals surface area (Å²) in [5.41, 5.74) is 2.81. The minimum Gasteiger partial charge on any atom is -0.492 e. The number of aromatic nitrogens is 2. The number of anilines is 1. The second-order valence-electron chi connectivity index (χ2n) is 6.87. The summed E-state index contributed by atoms with van der Waals surface area (Å²) in [7, 11) is 0. The Balaban J connectivity index is 1.71. The number of rotatable bonds is 6. The number of para-hydroxylation sites is 4. The van der Waals surface area contributed by atoms with Crippen molar-refractivity contribution in [1.29, 1.82) is 0 Å². The fraction of sp³-hybridized carbons (Fsp3) is 0.273. The number of ether oxygens (including phenoxy) is 1. The molecule has 6 heteroatoms. The van der Waals surface area contributed by atoms with Crippen molar-refractivity contribution in [3.8, 4) is 5.75 Å². The molecule has 0 N–H and O–H groups in total. The van der Waals surface area contributed by atoms with Crippen molar-refractivity contribution in [1.82, 2.24) is 9.55 Å². The minimum absolute atomic E-state index is 0.0152. The molecule has 1 amide bonds. The lowest BCUT2D eigenvalue weighted by molar-refractivity contribution is -0.117. The van der Waals surface area contributed by atoms with Crippen LogP contribution in [0, 0.1) is 0 Å². The SMILES string of the molecule is C=C(Br)Cn1c(C2CC(=O)N(c3ccccc3OCC)C2)nc2ccccc21. The van der Waals surface area contributed by atoms with E-state index in [4.69, 9.17) is 9.72 Å². The van der Waals surface area contributed by atoms with Crippen molar-refractivity contribution in [3.05, 3.63) is 65.4 Å². The summed E-state index contributed by atoms with van der Waals surface area (Å²) in [5, 5.41) is 0. The van der Waals surface area contributed by atoms with Gasteiger partial charge in [0.25, 0.3) is 0 Å². The Morgan fingerprint density at radius 1 is 1.25 bits per heavy atom. The average molecular weight is 440 g/mol. The Bertz CT molecular complexity index is 1040. The smallest absolute Gasteiger partial charge is 0.227 e. The molecule has 1 unspecified atom stereocenters. The summed E-state index contributed by atoms with van der Waals surface area (Å²) in [4.78, 5) is 19.6. The number of nitrogens with zero attached hydrogens (tertiary/aromatic N) is 3. The maximum atomic E-state index is 12.9. The second kappa shape index (κ2) is 7.80. The highest BCUT2D eigenvalue weighted by Crippen LogP contribution is 2.37. The van der Waals surface area contributed by atoms with Gasteiger partial charge in [0, 0.05) is 23.4 Å². The Morgan fingerprint density at radius 2 is 2.00 bits per heavy atom. The number of allylic oxidation sites excluding steroid dienone is 1. The third-order valence-electron chi connectivity index (χ3n) is 4.96. The Hall–Kier alpha value is -2.60. The fourth-order valence-electron chi connectivity index (χ4n) is 3.81. The molecule has 3 aromatic rings. The maximum absolute atomic E-state index is 12.9. The summed E-state index contributed by atoms with van der Waals surface area (Å²) < 4.78 is 8.76. The van der Waals surface area contributed by atoms with Gasteiger partial charge < -0.3 is 14.2 Å². The van der Waals surface area contributed by atoms with Crippen LogP contribution in [-0.2, 0) is 11.3 Å². The molecule has 0 aliphatic carbocycles. The number of imidazole rings is 1. The highest BCUT2D eigenvalue weighted by Gasteiger charge is 2.36. The molecule has 5 nitrogen and oxygen atoms in total. The van der Waals surface area contributed by atoms with Gasteiger partial charge in [-0.05, 0) is 31.2 Å². The average Bonchev–Trinajstić information content (AvgIpc) is 3.23. The van der Waals surface area contributed by atoms with Crippen LogP contribution in [0.5, 0.6) is 5.75 Å². The van der Waals surface area contributed by atoms with Crippen molar-refractivity contribution in [2.75, 3.05) is 18.1 Å². The number of hydrogen-bond acceptors (Lipinski definition) is 3. The van der Waals surface area contributed by atoms with Gasteiger partial charge in [0.2, 0.25) is 5.91 Å². The molecule has 1 fully saturated rings. The fourth-order valence-corrected chi connectivity index (χ4v) is 4.07. The number of benzene rings is 2. The van der Waals surface area contributed by atoms with E-state index < -0.39 is 0 Å². The van der Waals surface area contributed by atoms with Crippen LogP contribution in [0.3, 0.4) is 0 Å². The van der Waals surface area contributed by atoms with Crippen molar-refractivity contribution in [2.24, 2.45) is 0 Å². The second-order valence-corrected chi connectivity index (χ2v) is 7.99. The summed E-state index contributed by atoms with van der Waals surface area (Å²) in [6.45, 7) is 7.70. The van der Waals surface area contributed by atoms with Gasteiger partial charge in [-0.3, -0.25) is 4.79 Å². The topological polar surface area (TPSA) is 47.4 Å². The van der Waals surface area contributed by atoms with Crippen LogP contribution in [0.15, 0.2) is 59.6 Å². The maximum Gasteiger partial charge on any atom is 0.227 e. The molecule has 28 heavy (non-hydrogen) atoms. The van der Waals surface area contributed by atoms with E-state index in [-0.39, 0.29) is 11.8 Å². The predicted octanol–water partition coefficient (Wildman–Crippen LogP) is 4.86. The van der Waals surface area contributed by atoms with Crippen LogP contribution in [0.2, 0.25) is 0 Å². The molecule has 0 bridgehead atoms. The normalized spacial score (nSPS) is 16.7. The van der Waals surface area contributed by atoms with Gasteiger partial charge in [-0.1, -0.05) is 46.8 Å². The van der Waals surface area contributed by atoms with E-state index in [1.54, 1.807) is 0 Å². The van der Waals surface area contributed by atoms with Crippen molar-refractivity contribution in [3.63, 3.8) is 0 Å². The van der Waals surface area contributed by atoms with Crippen LogP contribution in [0.25, 0.3) is 11.0 Å². The van der Waals surface area contributed by atoms with Crippen LogP contribution in [0.1, 0.15) is 25.1 Å². The zero-order chi connectivity index (χ0) is 19.7. The molecule has 2 heterocycles. The number of carbonyl (C=O) groups is 1. The molecule has 0 saturated carbocycles. The standard InChI is InChI=1S/C22H22BrN3O2/c1-3-28-20-11-7-6-10-19(20)25-14-16(12-21(25)27)22-24-17-8-4-5-9-18(17)26(22)13-15(2)23/h4-11,16H,2-3,12-14H2,1H3. The third-order valence-corrected chi connectivity index (χ3v) is 5.21. The quantitative estimate of drug-likeness (QED) is 0.550. The third kappa shape index (κ3) is 3.44. The van der Waals surface area contributed by atoms with Gasteiger partial charge in [-0.2, -0.15) is 0 Å². The van der Waals surface area contributed by atoms with Gasteiger partial charge in [0.1, 0.15) is 11.6 Å². The number of halogens is 1. The first-order valence-electron chi connectivity index (χ1n) is 9.39. The Kier molecular flexibility index (Phi) is 5.22. The molecule has 0 spiro atoms. The van der Waals surface area contributed by atoms with Crippen molar-refractivity contribution >= 4 is 38.6 Å². The molecule has 1 saturated heterocycles. The van der Waals surface area contributed by atoms with Crippen molar-refractivity contribution < 1.29 is 9.53 Å². The van der Waals surface area contributed by atoms with Crippen molar-refractivity contribution in [2.45, 2.75) is 25.8 Å². The monoisotopic (exact) mass is 439 g/mol. The van der Waals surface area contributed by atoms with E-state index >= 15 is 0 Å². The van der Waals surface area contributed by atoms with Crippen LogP contribution >= 0.6 is 15.9 Å². The van der Waals surface area contributed by atoms with E-state index in [0.717, 1.165) is 32.8 Å². The molecule has 4 rings (SSSR count). The Labute approximate surface area is 172 Å². The zero-order valence-corrected chi connectivity index (χ0v) is 17.4. The van der Waals surface area contributed by atoms with Gasteiger partial charge in [-0.25, -0.2) is 4.98 Å². The van der Waals surface area contributed by atoms with Crippen LogP contribution in [-0.4, -0.2) is 28.6 Å². The molecule has 0 radical (unpaired) electrons. The number of hydrogen-bond donors (Lipinski definition) is 0. The van der Waals surface area contributed by atoms with Gasteiger partial charge in [0.15, 0.2) is 0 Å². The molecule has 1 aliphatic heterocycles. The molecule has 1 atom stereocenters. The van der Waals surface area contributed by atoms with E-state index in [2.05, 4.69) is 33.1 Å². The van der Waals surface area contributed by atoms with E-state index in [0.29, 0.717) is 26.1 Å². The summed E-state index contributed by atoms with van der Waals surface area (Å²) in [6, 6.07) is 15.8. The first-order valence-corrected chi connectivity index (χ1v) is 10.2. The summed E-state index contributed by atoms with van der Waals surface area (Å²) in [6.07, 6.45) is 0.429. The van der Waals surface area contributed by atoms with Gasteiger partial charge >= 0.3 is 0 Å². The van der Waals surface area contributed by atoms with E-state index in [9.17, 15) is 4.79 Å². The predicted molar refractivity (Wildman–Crippen MR) is 115 cm³/mol. The van der Waals surface area contributed by atoms with E-state index in [1.807, 2.05) is 54.3 Å². The number of carbonyl (C=O) groups excluding carboxylic acids is 1. The zero-order valence-electron chi connectivity index (χ0n) is 15.8. The van der Waals surface area contributed by atoms with Crippen LogP contribution in [0.4, 0.5) is 5.69 Å². The molecule has 1 aromatic heterocycles. The Morgan fingerprint density at radius 3 is 2.79 bits per heavy atom. The molecular weight excluding hydrogens is 418 g/mol. The lowest BCUT2D eigenvalue weighted by atomic mass is 10.1. The summed E-state index contributed by atoms with van der Waals surface area (Å²) in [5.74, 6) is 1.77. The van der Waals surface area contributed by atoms with Gasteiger partial charge in [0.05, 0.1) is 29.9 Å². The number of fused-ring (bicyclic) bond motifs is 1.